The second-order valence-electron chi connectivity index (χ2n) is 2.98. The van der Waals surface area contributed by atoms with Gasteiger partial charge in [-0.05, 0) is 6.07 Å². The highest BCUT2D eigenvalue weighted by Crippen LogP contribution is 2.25. The van der Waals surface area contributed by atoms with Gasteiger partial charge >= 0.3 is 5.97 Å². The number of carboxylic acid groups (broad SMARTS) is 1. The van der Waals surface area contributed by atoms with Crippen molar-refractivity contribution in [1.29, 1.82) is 0 Å². The van der Waals surface area contributed by atoms with Gasteiger partial charge in [0.1, 0.15) is 0 Å². The SMILES string of the molecule is O=C(O)Cc1nc(F)c(CBr)cc1C(F)F. The molecule has 0 saturated heterocycles. The molecule has 1 aromatic heterocycles. The number of pyridine rings is 1. The van der Waals surface area contributed by atoms with Gasteiger partial charge in [-0.3, -0.25) is 4.79 Å². The molecule has 3 nitrogen and oxygen atoms in total. The predicted octanol–water partition coefficient (Wildman–Crippen LogP) is 2.68. The predicted molar refractivity (Wildman–Crippen MR) is 53.1 cm³/mol. The van der Waals surface area contributed by atoms with E-state index in [1.807, 2.05) is 0 Å². The Bertz CT molecular complexity index is 412. The van der Waals surface area contributed by atoms with Crippen LogP contribution in [0.15, 0.2) is 6.07 Å². The summed E-state index contributed by atoms with van der Waals surface area (Å²) >= 11 is 2.93. The van der Waals surface area contributed by atoms with Gasteiger partial charge in [0.25, 0.3) is 6.43 Å². The maximum atomic E-state index is 13.2. The molecule has 0 aliphatic rings. The zero-order valence-electron chi connectivity index (χ0n) is 7.88. The highest BCUT2D eigenvalue weighted by Gasteiger charge is 2.19. The number of hydrogen-bond donors (Lipinski definition) is 1. The number of rotatable bonds is 4. The summed E-state index contributed by atoms with van der Waals surface area (Å²) in [4.78, 5) is 13.6. The summed E-state index contributed by atoms with van der Waals surface area (Å²) in [5.41, 5.74) is -1.01. The summed E-state index contributed by atoms with van der Waals surface area (Å²) in [6.07, 6.45) is -3.60. The molecule has 16 heavy (non-hydrogen) atoms. The number of nitrogens with zero attached hydrogens (tertiary/aromatic N) is 1. The smallest absolute Gasteiger partial charge is 0.309 e. The molecule has 0 spiro atoms. The zero-order valence-corrected chi connectivity index (χ0v) is 9.47. The molecular weight excluding hydrogens is 291 g/mol. The van der Waals surface area contributed by atoms with E-state index in [0.29, 0.717) is 0 Å². The Kier molecular flexibility index (Phi) is 4.28. The number of aliphatic carboxylic acids is 1. The van der Waals surface area contributed by atoms with Crippen LogP contribution in [0.25, 0.3) is 0 Å². The Labute approximate surface area is 97.4 Å². The first-order valence-electron chi connectivity index (χ1n) is 4.19. The van der Waals surface area contributed by atoms with Gasteiger partial charge in [0.15, 0.2) is 0 Å². The largest absolute Gasteiger partial charge is 0.481 e. The maximum absolute atomic E-state index is 13.2. The van der Waals surface area contributed by atoms with Crippen molar-refractivity contribution >= 4 is 21.9 Å². The van der Waals surface area contributed by atoms with Crippen molar-refractivity contribution in [3.05, 3.63) is 28.8 Å². The third kappa shape index (κ3) is 2.94. The summed E-state index contributed by atoms with van der Waals surface area (Å²) in [5, 5.41) is 8.51. The number of halogens is 4. The highest BCUT2D eigenvalue weighted by atomic mass is 79.9. The normalized spacial score (nSPS) is 10.8. The van der Waals surface area contributed by atoms with Crippen LogP contribution in [0.5, 0.6) is 0 Å². The number of alkyl halides is 3. The van der Waals surface area contributed by atoms with Gasteiger partial charge in [-0.1, -0.05) is 15.9 Å². The molecule has 0 saturated carbocycles. The van der Waals surface area contributed by atoms with E-state index in [0.717, 1.165) is 6.07 Å². The van der Waals surface area contributed by atoms with Gasteiger partial charge in [0.2, 0.25) is 5.95 Å². The van der Waals surface area contributed by atoms with Crippen LogP contribution in [0, 0.1) is 5.95 Å². The lowest BCUT2D eigenvalue weighted by Gasteiger charge is -2.08. The van der Waals surface area contributed by atoms with Gasteiger partial charge < -0.3 is 5.11 Å². The number of aromatic nitrogens is 1. The molecule has 0 aliphatic carbocycles. The first-order chi connectivity index (χ1) is 7.45. The van der Waals surface area contributed by atoms with Gasteiger partial charge in [-0.15, -0.1) is 0 Å². The fraction of sp³-hybridized carbons (Fsp3) is 0.333. The zero-order chi connectivity index (χ0) is 12.3. The monoisotopic (exact) mass is 297 g/mol. The molecule has 1 heterocycles. The lowest BCUT2D eigenvalue weighted by molar-refractivity contribution is -0.136. The average Bonchev–Trinajstić information content (AvgIpc) is 2.16. The van der Waals surface area contributed by atoms with Crippen molar-refractivity contribution in [1.82, 2.24) is 4.98 Å². The van der Waals surface area contributed by atoms with Crippen LogP contribution in [0.1, 0.15) is 23.2 Å². The summed E-state index contributed by atoms with van der Waals surface area (Å²) in [5.74, 6) is -2.27. The van der Waals surface area contributed by atoms with E-state index in [9.17, 15) is 18.0 Å². The topological polar surface area (TPSA) is 50.2 Å². The van der Waals surface area contributed by atoms with Crippen molar-refractivity contribution in [3.8, 4) is 0 Å². The number of carbonyl (C=O) groups is 1. The molecule has 7 heteroatoms. The van der Waals surface area contributed by atoms with Crippen LogP contribution in [-0.4, -0.2) is 16.1 Å². The minimum atomic E-state index is -2.87. The quantitative estimate of drug-likeness (QED) is 0.687. The Hall–Kier alpha value is -1.11. The molecule has 0 fully saturated rings. The van der Waals surface area contributed by atoms with Crippen molar-refractivity contribution < 1.29 is 23.1 Å². The second kappa shape index (κ2) is 5.29. The maximum Gasteiger partial charge on any atom is 0.309 e. The molecule has 88 valence electrons. The third-order valence-electron chi connectivity index (χ3n) is 1.86. The Balaban J connectivity index is 3.24. The molecule has 0 amide bonds. The van der Waals surface area contributed by atoms with Crippen LogP contribution < -0.4 is 0 Å². The Morgan fingerprint density at radius 3 is 2.62 bits per heavy atom. The first kappa shape index (κ1) is 13.0. The summed E-state index contributed by atoms with van der Waals surface area (Å²) in [6.45, 7) is 0. The van der Waals surface area contributed by atoms with Crippen LogP contribution in [0.3, 0.4) is 0 Å². The van der Waals surface area contributed by atoms with Crippen LogP contribution in [0.4, 0.5) is 13.2 Å². The molecule has 1 aromatic rings. The van der Waals surface area contributed by atoms with Gasteiger partial charge in [0.05, 0.1) is 12.1 Å². The number of carboxylic acids is 1. The highest BCUT2D eigenvalue weighted by molar-refractivity contribution is 9.08. The van der Waals surface area contributed by atoms with Crippen molar-refractivity contribution in [3.63, 3.8) is 0 Å². The standard InChI is InChI=1S/C9H7BrF3NO2/c10-3-4-1-5(8(11)12)6(2-7(15)16)14-9(4)13/h1,8H,2-3H2,(H,15,16). The van der Waals surface area contributed by atoms with E-state index >= 15 is 0 Å². The minimum Gasteiger partial charge on any atom is -0.481 e. The fourth-order valence-electron chi connectivity index (χ4n) is 1.15. The van der Waals surface area contributed by atoms with Crippen molar-refractivity contribution in [2.45, 2.75) is 18.2 Å². The molecule has 0 atom stereocenters. The first-order valence-corrected chi connectivity index (χ1v) is 5.32. The molecule has 0 radical (unpaired) electrons. The van der Waals surface area contributed by atoms with Gasteiger partial charge in [-0.25, -0.2) is 13.8 Å². The van der Waals surface area contributed by atoms with Crippen molar-refractivity contribution in [2.24, 2.45) is 0 Å². The van der Waals surface area contributed by atoms with Crippen LogP contribution in [-0.2, 0) is 16.5 Å². The molecule has 0 aliphatic heterocycles. The number of hydrogen-bond acceptors (Lipinski definition) is 2. The molecule has 0 unspecified atom stereocenters. The van der Waals surface area contributed by atoms with Gasteiger partial charge in [0, 0.05) is 16.5 Å². The van der Waals surface area contributed by atoms with Crippen LogP contribution >= 0.6 is 15.9 Å². The summed E-state index contributed by atoms with van der Waals surface area (Å²) < 4.78 is 38.3. The summed E-state index contributed by atoms with van der Waals surface area (Å²) in [6, 6.07) is 0.931. The fourth-order valence-corrected chi connectivity index (χ4v) is 1.55. The lowest BCUT2D eigenvalue weighted by Crippen LogP contribution is -2.09. The van der Waals surface area contributed by atoms with Gasteiger partial charge in [-0.2, -0.15) is 4.39 Å². The lowest BCUT2D eigenvalue weighted by atomic mass is 10.1. The van der Waals surface area contributed by atoms with E-state index < -0.39 is 36.0 Å². The minimum absolute atomic E-state index is 0.0237. The summed E-state index contributed by atoms with van der Waals surface area (Å²) in [7, 11) is 0. The molecule has 1 rings (SSSR count). The van der Waals surface area contributed by atoms with E-state index in [1.165, 1.54) is 0 Å². The van der Waals surface area contributed by atoms with E-state index in [-0.39, 0.29) is 10.9 Å². The second-order valence-corrected chi connectivity index (χ2v) is 3.54. The Morgan fingerprint density at radius 1 is 1.56 bits per heavy atom. The van der Waals surface area contributed by atoms with E-state index in [2.05, 4.69) is 20.9 Å². The molecule has 1 N–H and O–H groups in total. The molecule has 0 bridgehead atoms. The van der Waals surface area contributed by atoms with E-state index in [4.69, 9.17) is 5.11 Å². The third-order valence-corrected chi connectivity index (χ3v) is 2.46. The molecule has 0 aromatic carbocycles. The van der Waals surface area contributed by atoms with Crippen molar-refractivity contribution in [2.75, 3.05) is 0 Å². The van der Waals surface area contributed by atoms with E-state index in [1.54, 1.807) is 0 Å². The Morgan fingerprint density at radius 2 is 2.19 bits per heavy atom. The molecular formula is C9H7BrF3NO2. The van der Waals surface area contributed by atoms with Crippen LogP contribution in [0.2, 0.25) is 0 Å². The average molecular weight is 298 g/mol.